The molecule has 4 atom stereocenters. The summed E-state index contributed by atoms with van der Waals surface area (Å²) in [5, 5.41) is 8.14. The van der Waals surface area contributed by atoms with Gasteiger partial charge in [0.05, 0.1) is 60.0 Å². The summed E-state index contributed by atoms with van der Waals surface area (Å²) in [6.45, 7) is 14.5. The average Bonchev–Trinajstić information content (AvgIpc) is 4.03. The average molecular weight is 976 g/mol. The van der Waals surface area contributed by atoms with Crippen molar-refractivity contribution in [2.24, 2.45) is 23.8 Å². The van der Waals surface area contributed by atoms with Crippen LogP contribution in [0, 0.1) is 28.6 Å². The van der Waals surface area contributed by atoms with Crippen molar-refractivity contribution in [1.29, 1.82) is 0 Å². The van der Waals surface area contributed by atoms with Gasteiger partial charge in [0.2, 0.25) is 11.8 Å². The largest absolute Gasteiger partial charge is 0.464 e. The minimum absolute atomic E-state index is 0.0769. The van der Waals surface area contributed by atoms with E-state index < -0.39 is 46.7 Å². The number of thiazole rings is 1. The van der Waals surface area contributed by atoms with Crippen molar-refractivity contribution in [2.45, 2.75) is 91.0 Å². The van der Waals surface area contributed by atoms with Crippen molar-refractivity contribution in [3.8, 4) is 34.4 Å². The highest BCUT2D eigenvalue weighted by Gasteiger charge is 2.58. The lowest BCUT2D eigenvalue weighted by atomic mass is 9.78. The topological polar surface area (TPSA) is 181 Å². The maximum absolute atomic E-state index is 14.7. The van der Waals surface area contributed by atoms with Gasteiger partial charge in [-0.25, -0.2) is 10.4 Å². The Hall–Kier alpha value is -5.71. The van der Waals surface area contributed by atoms with Gasteiger partial charge in [0, 0.05) is 98.9 Å². The third kappa shape index (κ3) is 9.83. The minimum atomic E-state index is -1.08. The van der Waals surface area contributed by atoms with Crippen LogP contribution in [0.15, 0.2) is 41.9 Å². The van der Waals surface area contributed by atoms with Gasteiger partial charge in [-0.05, 0) is 74.3 Å². The molecule has 1 aromatic carbocycles. The Bertz CT molecular complexity index is 2730. The molecule has 3 aromatic heterocycles. The van der Waals surface area contributed by atoms with Crippen molar-refractivity contribution in [3.05, 3.63) is 58.2 Å². The molecule has 0 aliphatic carbocycles. The Morgan fingerprint density at radius 2 is 1.86 bits per heavy atom. The van der Waals surface area contributed by atoms with Crippen molar-refractivity contribution < 1.29 is 38.2 Å². The van der Waals surface area contributed by atoms with Crippen LogP contribution in [0.1, 0.15) is 76.3 Å². The van der Waals surface area contributed by atoms with E-state index in [2.05, 4.69) is 77.2 Å². The van der Waals surface area contributed by atoms with Gasteiger partial charge in [-0.1, -0.05) is 39.7 Å². The van der Waals surface area contributed by atoms with Crippen LogP contribution >= 0.6 is 11.3 Å². The Morgan fingerprint density at radius 3 is 2.61 bits per heavy atom. The number of nitrogens with zero attached hydrogens (tertiary/aromatic N) is 7. The van der Waals surface area contributed by atoms with Crippen molar-refractivity contribution in [1.82, 2.24) is 45.0 Å². The number of ether oxygens (including phenoxy) is 3. The maximum atomic E-state index is 14.7. The Kier molecular flexibility index (Phi) is 14.2. The Morgan fingerprint density at radius 1 is 1.07 bits per heavy atom. The molecule has 0 radical (unpaired) electrons. The number of benzene rings is 1. The number of nitrogens with one attached hydrogen (secondary N) is 2. The van der Waals surface area contributed by atoms with Crippen LogP contribution in [-0.2, 0) is 58.1 Å². The molecule has 4 aromatic rings. The maximum Gasteiger partial charge on any atom is 0.324 e. The SMILES string of the molecule is CO[C@@H](C)c1ncccc1-c1c2c3cc(ccc3n1C)-c1csc(n1)C[C@H](NC(=O)[C@H](C(C)C)N1CCC3(CN(C(=O)C#CCN4CCOCC4)C3)C1=O)C(=O)N1CCC[C@H](N1)C(=O)OCC(C)(C)C2. The van der Waals surface area contributed by atoms with Gasteiger partial charge in [-0.15, -0.1) is 11.3 Å². The number of hydrogen-bond acceptors (Lipinski definition) is 13. The number of esters is 1. The second-order valence-corrected chi connectivity index (χ2v) is 21.6. The van der Waals surface area contributed by atoms with E-state index in [-0.39, 0.29) is 50.0 Å². The summed E-state index contributed by atoms with van der Waals surface area (Å²) in [5.74, 6) is 3.61. The second-order valence-electron chi connectivity index (χ2n) is 20.7. The summed E-state index contributed by atoms with van der Waals surface area (Å²) < 4.78 is 19.5. The molecule has 5 aliphatic rings. The molecule has 4 saturated heterocycles. The van der Waals surface area contributed by atoms with E-state index in [1.807, 2.05) is 32.2 Å². The van der Waals surface area contributed by atoms with Crippen LogP contribution in [0.2, 0.25) is 0 Å². The fourth-order valence-electron chi connectivity index (χ4n) is 10.7. The summed E-state index contributed by atoms with van der Waals surface area (Å²) in [7, 11) is 3.73. The highest BCUT2D eigenvalue weighted by molar-refractivity contribution is 7.10. The number of hydrogen-bond donors (Lipinski definition) is 2. The first-order valence-electron chi connectivity index (χ1n) is 24.5. The zero-order valence-electron chi connectivity index (χ0n) is 41.3. The van der Waals surface area contributed by atoms with Crippen LogP contribution in [0.3, 0.4) is 0 Å². The molecule has 2 N–H and O–H groups in total. The zero-order valence-corrected chi connectivity index (χ0v) is 42.2. The molecule has 0 saturated carbocycles. The van der Waals surface area contributed by atoms with E-state index in [1.165, 1.54) is 16.3 Å². The summed E-state index contributed by atoms with van der Waals surface area (Å²) >= 11 is 1.41. The molecule has 0 unspecified atom stereocenters. The van der Waals surface area contributed by atoms with Crippen molar-refractivity contribution in [2.75, 3.05) is 72.7 Å². The van der Waals surface area contributed by atoms with Crippen LogP contribution in [0.25, 0.3) is 33.4 Å². The van der Waals surface area contributed by atoms with Gasteiger partial charge in [0.15, 0.2) is 0 Å². The van der Waals surface area contributed by atoms with E-state index >= 15 is 0 Å². The highest BCUT2D eigenvalue weighted by atomic mass is 32.1. The van der Waals surface area contributed by atoms with Gasteiger partial charge in [0.1, 0.15) is 18.1 Å². The number of carbonyl (C=O) groups excluding carboxylic acids is 5. The number of methoxy groups -OCH3 is 1. The third-order valence-corrected chi connectivity index (χ3v) is 15.5. The molecule has 6 bridgehead atoms. The predicted octanol–water partition coefficient (Wildman–Crippen LogP) is 4.14. The normalized spacial score (nSPS) is 22.6. The molecule has 1 spiro atoms. The quantitative estimate of drug-likeness (QED) is 0.191. The first-order chi connectivity index (χ1) is 33.6. The lowest BCUT2D eigenvalue weighted by Gasteiger charge is -2.46. The van der Waals surface area contributed by atoms with E-state index in [0.29, 0.717) is 63.5 Å². The summed E-state index contributed by atoms with van der Waals surface area (Å²) in [6, 6.07) is 7.57. The number of aromatic nitrogens is 3. The number of fused-ring (bicyclic) bond motifs is 6. The molecule has 4 fully saturated rings. The Labute approximate surface area is 413 Å². The number of aryl methyl sites for hydroxylation is 1. The summed E-state index contributed by atoms with van der Waals surface area (Å²) in [6.07, 6.45) is 3.67. The predicted molar refractivity (Wildman–Crippen MR) is 264 cm³/mol. The molecule has 8 heterocycles. The monoisotopic (exact) mass is 975 g/mol. The molecular weight excluding hydrogens is 911 g/mol. The lowest BCUT2D eigenvalue weighted by Crippen LogP contribution is -2.64. The van der Waals surface area contributed by atoms with E-state index in [1.54, 1.807) is 23.1 Å². The second kappa shape index (κ2) is 20.2. The molecular formula is C52H65N9O8S. The van der Waals surface area contributed by atoms with Gasteiger partial charge in [-0.2, -0.15) is 0 Å². The van der Waals surface area contributed by atoms with E-state index in [9.17, 15) is 24.0 Å². The first kappa shape index (κ1) is 49.3. The molecule has 18 heteroatoms. The zero-order chi connectivity index (χ0) is 49.5. The molecule has 4 amide bonds. The van der Waals surface area contributed by atoms with Crippen LogP contribution in [0.4, 0.5) is 0 Å². The number of cyclic esters (lactones) is 1. The van der Waals surface area contributed by atoms with Crippen molar-refractivity contribution >= 4 is 51.8 Å². The Balaban J connectivity index is 0.993. The molecule has 5 aliphatic heterocycles. The number of rotatable bonds is 8. The number of amides is 4. The standard InChI is InChI=1S/C52H65N9O8S/c1-32(2)45(60-20-16-52(50(60)66)29-59(30-52)43(62)13-10-18-58-21-23-68-24-22-58)47(63)55-39-26-42-54-40(28-70-42)34-14-15-41-36(25-34)37(46(57(41)6)35-11-8-17-53-44(35)33(3)67-7)27-51(4,5)31-69-49(65)38-12-9-19-61(56-38)48(39)64/h8,11,14-15,17,25,28,32-33,38-39,45,56H,9,12,16,18-24,26-27,29-31H2,1-7H3,(H,55,63)/t33-,38-,39-,45-/m0/s1. The molecule has 70 heavy (non-hydrogen) atoms. The van der Waals surface area contributed by atoms with Gasteiger partial charge in [0.25, 0.3) is 11.8 Å². The van der Waals surface area contributed by atoms with Crippen LogP contribution in [0.5, 0.6) is 0 Å². The fraction of sp³-hybridized carbons (Fsp3) is 0.558. The van der Waals surface area contributed by atoms with Gasteiger partial charge in [-0.3, -0.25) is 38.9 Å². The van der Waals surface area contributed by atoms with Gasteiger partial charge >= 0.3 is 5.97 Å². The fourth-order valence-corrected chi connectivity index (χ4v) is 11.6. The van der Waals surface area contributed by atoms with Crippen LogP contribution < -0.4 is 10.7 Å². The first-order valence-corrected chi connectivity index (χ1v) is 25.4. The summed E-state index contributed by atoms with van der Waals surface area (Å²) in [4.78, 5) is 85.8. The van der Waals surface area contributed by atoms with Crippen LogP contribution in [-0.4, -0.2) is 155 Å². The smallest absolute Gasteiger partial charge is 0.324 e. The lowest BCUT2D eigenvalue weighted by molar-refractivity contribution is -0.155. The number of morpholine rings is 1. The summed E-state index contributed by atoms with van der Waals surface area (Å²) in [5.41, 5.74) is 8.36. The van der Waals surface area contributed by atoms with Gasteiger partial charge < -0.3 is 33.9 Å². The number of carbonyl (C=O) groups is 5. The molecule has 17 nitrogen and oxygen atoms in total. The van der Waals surface area contributed by atoms with E-state index in [4.69, 9.17) is 24.2 Å². The van der Waals surface area contributed by atoms with Crippen molar-refractivity contribution in [3.63, 3.8) is 0 Å². The number of pyridine rings is 1. The molecule has 372 valence electrons. The third-order valence-electron chi connectivity index (χ3n) is 14.6. The number of hydrazine groups is 1. The van der Waals surface area contributed by atoms with E-state index in [0.717, 1.165) is 57.8 Å². The molecule has 9 rings (SSSR count). The minimum Gasteiger partial charge on any atom is -0.464 e. The number of likely N-dealkylation sites (tertiary alicyclic amines) is 2. The highest BCUT2D eigenvalue weighted by Crippen LogP contribution is 2.43.